The summed E-state index contributed by atoms with van der Waals surface area (Å²) >= 11 is 1.53. The van der Waals surface area contributed by atoms with Crippen LogP contribution in [0.4, 0.5) is 0 Å². The maximum Gasteiger partial charge on any atom is 0.306 e. The van der Waals surface area contributed by atoms with Gasteiger partial charge in [-0.25, -0.2) is 4.98 Å². The lowest BCUT2D eigenvalue weighted by atomic mass is 9.98. The third kappa shape index (κ3) is 4.39. The summed E-state index contributed by atoms with van der Waals surface area (Å²) in [4.78, 5) is 29.3. The van der Waals surface area contributed by atoms with E-state index >= 15 is 0 Å². The number of aromatic nitrogens is 2. The molecule has 0 aliphatic heterocycles. The van der Waals surface area contributed by atoms with Crippen LogP contribution in [0.3, 0.4) is 0 Å². The van der Waals surface area contributed by atoms with E-state index in [0.717, 1.165) is 27.8 Å². The highest BCUT2D eigenvalue weighted by Gasteiger charge is 2.20. The standard InChI is InChI=1S/C22H24N2O3S/c1-14(18-8-6-5-7-9-18)10-21(26)27-12-20(25)19-11-16(3)24(17(19)4)22-23-15(2)13-28-22/h5-9,11,13-14H,10,12H2,1-4H3. The van der Waals surface area contributed by atoms with E-state index < -0.39 is 0 Å². The first-order chi connectivity index (χ1) is 13.4. The summed E-state index contributed by atoms with van der Waals surface area (Å²) < 4.78 is 7.22. The van der Waals surface area contributed by atoms with Crippen molar-refractivity contribution < 1.29 is 14.3 Å². The summed E-state index contributed by atoms with van der Waals surface area (Å²) in [5, 5.41) is 2.81. The van der Waals surface area contributed by atoms with Gasteiger partial charge in [0.15, 0.2) is 11.7 Å². The molecule has 3 rings (SSSR count). The molecule has 2 heterocycles. The molecule has 3 aromatic rings. The molecule has 6 heteroatoms. The molecule has 5 nitrogen and oxygen atoms in total. The van der Waals surface area contributed by atoms with Gasteiger partial charge in [-0.15, -0.1) is 11.3 Å². The highest BCUT2D eigenvalue weighted by atomic mass is 32.1. The molecule has 0 N–H and O–H groups in total. The molecular weight excluding hydrogens is 372 g/mol. The minimum Gasteiger partial charge on any atom is -0.457 e. The fourth-order valence-corrected chi connectivity index (χ4v) is 4.13. The number of thiazole rings is 1. The van der Waals surface area contributed by atoms with Crippen molar-refractivity contribution in [3.63, 3.8) is 0 Å². The van der Waals surface area contributed by atoms with E-state index in [0.29, 0.717) is 5.56 Å². The van der Waals surface area contributed by atoms with Crippen molar-refractivity contribution in [2.24, 2.45) is 0 Å². The summed E-state index contributed by atoms with van der Waals surface area (Å²) in [5.41, 5.74) is 4.33. The van der Waals surface area contributed by atoms with Gasteiger partial charge in [-0.05, 0) is 38.3 Å². The van der Waals surface area contributed by atoms with Crippen molar-refractivity contribution in [2.45, 2.75) is 40.0 Å². The Morgan fingerprint density at radius 2 is 1.89 bits per heavy atom. The second-order valence-corrected chi connectivity index (χ2v) is 7.83. The quantitative estimate of drug-likeness (QED) is 0.426. The Morgan fingerprint density at radius 3 is 2.54 bits per heavy atom. The predicted molar refractivity (Wildman–Crippen MR) is 110 cm³/mol. The molecule has 0 saturated heterocycles. The second-order valence-electron chi connectivity index (χ2n) is 6.99. The van der Waals surface area contributed by atoms with Gasteiger partial charge in [0.1, 0.15) is 0 Å². The van der Waals surface area contributed by atoms with E-state index in [1.54, 1.807) is 0 Å². The monoisotopic (exact) mass is 396 g/mol. The Morgan fingerprint density at radius 1 is 1.18 bits per heavy atom. The number of rotatable bonds is 7. The fraction of sp³-hybridized carbons (Fsp3) is 0.318. The van der Waals surface area contributed by atoms with E-state index in [1.165, 1.54) is 11.3 Å². The van der Waals surface area contributed by atoms with Crippen LogP contribution in [0.15, 0.2) is 41.8 Å². The molecule has 0 bridgehead atoms. The summed E-state index contributed by atoms with van der Waals surface area (Å²) in [6.07, 6.45) is 0.245. The van der Waals surface area contributed by atoms with Crippen molar-refractivity contribution >= 4 is 23.1 Å². The normalized spacial score (nSPS) is 12.0. The maximum absolute atomic E-state index is 12.6. The van der Waals surface area contributed by atoms with Crippen molar-refractivity contribution in [3.05, 3.63) is 70.0 Å². The molecule has 0 radical (unpaired) electrons. The first-order valence-electron chi connectivity index (χ1n) is 9.22. The van der Waals surface area contributed by atoms with Gasteiger partial charge >= 0.3 is 5.97 Å². The molecule has 146 valence electrons. The average molecular weight is 397 g/mol. The van der Waals surface area contributed by atoms with E-state index in [-0.39, 0.29) is 30.7 Å². The molecule has 0 amide bonds. The van der Waals surface area contributed by atoms with Gasteiger partial charge in [-0.3, -0.25) is 14.2 Å². The number of carbonyl (C=O) groups excluding carboxylic acids is 2. The number of carbonyl (C=O) groups is 2. The first-order valence-corrected chi connectivity index (χ1v) is 10.1. The van der Waals surface area contributed by atoms with Crippen LogP contribution in [-0.2, 0) is 9.53 Å². The number of esters is 1. The lowest BCUT2D eigenvalue weighted by molar-refractivity contribution is -0.142. The summed E-state index contributed by atoms with van der Waals surface area (Å²) in [6, 6.07) is 11.6. The highest BCUT2D eigenvalue weighted by molar-refractivity contribution is 7.12. The first kappa shape index (κ1) is 20.0. The van der Waals surface area contributed by atoms with Crippen LogP contribution in [0.2, 0.25) is 0 Å². The molecule has 0 aliphatic carbocycles. The van der Waals surface area contributed by atoms with E-state index in [1.807, 2.05) is 74.0 Å². The number of aryl methyl sites for hydroxylation is 2. The minimum absolute atomic E-state index is 0.0435. The molecule has 0 spiro atoms. The van der Waals surface area contributed by atoms with Crippen molar-refractivity contribution in [2.75, 3.05) is 6.61 Å². The van der Waals surface area contributed by atoms with Crippen LogP contribution in [0.5, 0.6) is 0 Å². The summed E-state index contributed by atoms with van der Waals surface area (Å²) in [5.74, 6) is -0.524. The molecule has 0 fully saturated rings. The van der Waals surface area contributed by atoms with Gasteiger partial charge in [0.2, 0.25) is 5.78 Å². The van der Waals surface area contributed by atoms with Crippen molar-refractivity contribution in [3.8, 4) is 5.13 Å². The summed E-state index contributed by atoms with van der Waals surface area (Å²) in [6.45, 7) is 7.49. The molecule has 1 atom stereocenters. The number of hydrogen-bond acceptors (Lipinski definition) is 5. The zero-order chi connectivity index (χ0) is 20.3. The van der Waals surface area contributed by atoms with Gasteiger partial charge < -0.3 is 4.74 Å². The molecule has 2 aromatic heterocycles. The molecular formula is C22H24N2O3S. The van der Waals surface area contributed by atoms with E-state index in [4.69, 9.17) is 4.74 Å². The largest absolute Gasteiger partial charge is 0.457 e. The third-order valence-electron chi connectivity index (χ3n) is 4.74. The molecule has 0 saturated carbocycles. The van der Waals surface area contributed by atoms with Crippen LogP contribution >= 0.6 is 11.3 Å². The average Bonchev–Trinajstić information content (AvgIpc) is 3.22. The van der Waals surface area contributed by atoms with Crippen molar-refractivity contribution in [1.29, 1.82) is 0 Å². The van der Waals surface area contributed by atoms with E-state index in [9.17, 15) is 9.59 Å². The Kier molecular flexibility index (Phi) is 6.09. The summed E-state index contributed by atoms with van der Waals surface area (Å²) in [7, 11) is 0. The Balaban J connectivity index is 1.63. The SMILES string of the molecule is Cc1csc(-n2c(C)cc(C(=O)COC(=O)CC(C)c3ccccc3)c2C)n1. The second kappa shape index (κ2) is 8.52. The van der Waals surface area contributed by atoms with Gasteiger partial charge in [0.25, 0.3) is 0 Å². The van der Waals surface area contributed by atoms with Gasteiger partial charge in [-0.1, -0.05) is 37.3 Å². The van der Waals surface area contributed by atoms with Crippen LogP contribution in [-0.4, -0.2) is 27.9 Å². The van der Waals surface area contributed by atoms with Crippen molar-refractivity contribution in [1.82, 2.24) is 9.55 Å². The Bertz CT molecular complexity index is 989. The third-order valence-corrected chi connectivity index (χ3v) is 5.68. The minimum atomic E-state index is -0.367. The Labute approximate surface area is 169 Å². The predicted octanol–water partition coefficient (Wildman–Crippen LogP) is 4.78. The number of Topliss-reactive ketones (excluding diaryl/α,β-unsaturated/α-hetero) is 1. The molecule has 28 heavy (non-hydrogen) atoms. The topological polar surface area (TPSA) is 61.2 Å². The van der Waals surface area contributed by atoms with Crippen LogP contribution in [0.1, 0.15) is 52.3 Å². The van der Waals surface area contributed by atoms with Gasteiger partial charge in [0, 0.05) is 22.3 Å². The fourth-order valence-electron chi connectivity index (χ4n) is 3.22. The van der Waals surface area contributed by atoms with Crippen LogP contribution < -0.4 is 0 Å². The van der Waals surface area contributed by atoms with Gasteiger partial charge in [-0.2, -0.15) is 0 Å². The molecule has 1 aromatic carbocycles. The smallest absolute Gasteiger partial charge is 0.306 e. The lowest BCUT2D eigenvalue weighted by Crippen LogP contribution is -2.16. The maximum atomic E-state index is 12.6. The zero-order valence-corrected chi connectivity index (χ0v) is 17.4. The van der Waals surface area contributed by atoms with Crippen LogP contribution in [0, 0.1) is 20.8 Å². The number of nitrogens with zero attached hydrogens (tertiary/aromatic N) is 2. The number of hydrogen-bond donors (Lipinski definition) is 0. The molecule has 1 unspecified atom stereocenters. The molecule has 0 aliphatic rings. The number of ketones is 1. The Hall–Kier alpha value is -2.73. The van der Waals surface area contributed by atoms with Gasteiger partial charge in [0.05, 0.1) is 12.1 Å². The number of ether oxygens (including phenoxy) is 1. The zero-order valence-electron chi connectivity index (χ0n) is 16.6. The van der Waals surface area contributed by atoms with E-state index in [2.05, 4.69) is 4.98 Å². The lowest BCUT2D eigenvalue weighted by Gasteiger charge is -2.11. The highest BCUT2D eigenvalue weighted by Crippen LogP contribution is 2.24. The number of benzene rings is 1. The van der Waals surface area contributed by atoms with Crippen LogP contribution in [0.25, 0.3) is 5.13 Å².